The van der Waals surface area contributed by atoms with Gasteiger partial charge in [0.2, 0.25) is 0 Å². The van der Waals surface area contributed by atoms with Crippen molar-refractivity contribution < 1.29 is 24.1 Å². The van der Waals surface area contributed by atoms with Gasteiger partial charge in [0.25, 0.3) is 0 Å². The molecule has 2 saturated heterocycles. The Kier molecular flexibility index (Phi) is 4.58. The molecule has 1 aromatic rings. The molecular formula is C14H17N3O5. The van der Waals surface area contributed by atoms with Crippen molar-refractivity contribution >= 4 is 0 Å². The van der Waals surface area contributed by atoms with Crippen molar-refractivity contribution in [2.75, 3.05) is 13.7 Å². The van der Waals surface area contributed by atoms with E-state index in [1.54, 1.807) is 0 Å². The van der Waals surface area contributed by atoms with Crippen LogP contribution in [0.1, 0.15) is 11.9 Å². The molecule has 8 heteroatoms. The van der Waals surface area contributed by atoms with Crippen molar-refractivity contribution in [3.63, 3.8) is 0 Å². The van der Waals surface area contributed by atoms with Crippen molar-refractivity contribution in [3.8, 4) is 0 Å². The largest absolute Gasteiger partial charge is 0.390 e. The Morgan fingerprint density at radius 3 is 2.77 bits per heavy atom. The Bertz CT molecular complexity index is 551. The second kappa shape index (κ2) is 6.62. The molecule has 0 saturated carbocycles. The maximum absolute atomic E-state index is 10.5. The SMILES string of the molecule is CO[C@@H]1O[C@@H]2COC(c3ccccc3)O[C@@H]2[C@H](O)[C@H]1N=[N+]=[N-]. The molecule has 2 fully saturated rings. The van der Waals surface area contributed by atoms with E-state index in [1.807, 2.05) is 30.3 Å². The van der Waals surface area contributed by atoms with Crippen molar-refractivity contribution in [2.45, 2.75) is 36.9 Å². The molecule has 2 aliphatic heterocycles. The second-order valence-electron chi connectivity index (χ2n) is 5.14. The molecule has 0 aliphatic carbocycles. The lowest BCUT2D eigenvalue weighted by Gasteiger charge is -2.46. The molecule has 0 amide bonds. The lowest BCUT2D eigenvalue weighted by atomic mass is 9.96. The van der Waals surface area contributed by atoms with Crippen LogP contribution in [-0.4, -0.2) is 49.5 Å². The Balaban J connectivity index is 1.79. The standard InChI is InChI=1S/C14H17N3O5/c1-19-14-10(16-17-15)11(18)12-9(21-14)7-20-13(22-12)8-5-3-2-4-6-8/h2-6,9-14,18H,7H2,1H3/t9-,10-,11-,12+,13?,14-/m1/s1. The third kappa shape index (κ3) is 2.80. The summed E-state index contributed by atoms with van der Waals surface area (Å²) in [5.41, 5.74) is 9.50. The predicted octanol–water partition coefficient (Wildman–Crippen LogP) is 1.51. The van der Waals surface area contributed by atoms with Gasteiger partial charge in [0.1, 0.15) is 18.2 Å². The number of rotatable bonds is 3. The number of nitrogens with zero attached hydrogens (tertiary/aromatic N) is 3. The number of aliphatic hydroxyl groups is 1. The predicted molar refractivity (Wildman–Crippen MR) is 74.6 cm³/mol. The molecule has 22 heavy (non-hydrogen) atoms. The molecule has 0 spiro atoms. The summed E-state index contributed by atoms with van der Waals surface area (Å²) in [7, 11) is 1.43. The molecule has 0 bridgehead atoms. The molecule has 6 atom stereocenters. The molecule has 1 unspecified atom stereocenters. The Morgan fingerprint density at radius 1 is 1.32 bits per heavy atom. The van der Waals surface area contributed by atoms with Crippen LogP contribution in [0.2, 0.25) is 0 Å². The molecular weight excluding hydrogens is 290 g/mol. The number of ether oxygens (including phenoxy) is 4. The average molecular weight is 307 g/mol. The zero-order valence-electron chi connectivity index (χ0n) is 12.0. The van der Waals surface area contributed by atoms with E-state index in [9.17, 15) is 5.11 Å². The molecule has 1 N–H and O–H groups in total. The highest BCUT2D eigenvalue weighted by Gasteiger charge is 2.49. The molecule has 2 heterocycles. The van der Waals surface area contributed by atoms with Crippen molar-refractivity contribution in [1.82, 2.24) is 0 Å². The summed E-state index contributed by atoms with van der Waals surface area (Å²) in [6.07, 6.45) is -3.58. The van der Waals surface area contributed by atoms with Gasteiger partial charge < -0.3 is 24.1 Å². The van der Waals surface area contributed by atoms with E-state index in [2.05, 4.69) is 10.0 Å². The van der Waals surface area contributed by atoms with Gasteiger partial charge in [0.05, 0.1) is 12.7 Å². The van der Waals surface area contributed by atoms with E-state index >= 15 is 0 Å². The maximum atomic E-state index is 10.5. The number of methoxy groups -OCH3 is 1. The topological polar surface area (TPSA) is 106 Å². The van der Waals surface area contributed by atoms with Crippen LogP contribution in [0.5, 0.6) is 0 Å². The molecule has 0 radical (unpaired) electrons. The summed E-state index contributed by atoms with van der Waals surface area (Å²) >= 11 is 0. The van der Waals surface area contributed by atoms with Gasteiger partial charge in [-0.1, -0.05) is 35.4 Å². The number of hydrogen-bond acceptors (Lipinski definition) is 6. The monoisotopic (exact) mass is 307 g/mol. The molecule has 1 aromatic carbocycles. The summed E-state index contributed by atoms with van der Waals surface area (Å²) in [4.78, 5) is 2.74. The summed E-state index contributed by atoms with van der Waals surface area (Å²) in [5, 5.41) is 14.0. The van der Waals surface area contributed by atoms with Crippen LogP contribution >= 0.6 is 0 Å². The first-order valence-electron chi connectivity index (χ1n) is 6.97. The van der Waals surface area contributed by atoms with Gasteiger partial charge in [-0.3, -0.25) is 0 Å². The lowest BCUT2D eigenvalue weighted by Crippen LogP contribution is -2.61. The summed E-state index contributed by atoms with van der Waals surface area (Å²) in [5.74, 6) is 0. The van der Waals surface area contributed by atoms with Gasteiger partial charge in [0.15, 0.2) is 12.6 Å². The molecule has 2 aliphatic rings. The van der Waals surface area contributed by atoms with Crippen LogP contribution in [-0.2, 0) is 18.9 Å². The number of aliphatic hydroxyl groups excluding tert-OH is 1. The summed E-state index contributed by atoms with van der Waals surface area (Å²) < 4.78 is 22.3. The summed E-state index contributed by atoms with van der Waals surface area (Å²) in [6.45, 7) is 0.254. The van der Waals surface area contributed by atoms with E-state index in [0.717, 1.165) is 5.56 Å². The number of hydrogen-bond donors (Lipinski definition) is 1. The van der Waals surface area contributed by atoms with Crippen LogP contribution in [0.3, 0.4) is 0 Å². The first kappa shape index (κ1) is 15.2. The zero-order chi connectivity index (χ0) is 15.5. The minimum absolute atomic E-state index is 0.254. The first-order chi connectivity index (χ1) is 10.7. The van der Waals surface area contributed by atoms with Crippen molar-refractivity contribution in [1.29, 1.82) is 0 Å². The van der Waals surface area contributed by atoms with Crippen LogP contribution in [0.15, 0.2) is 35.4 Å². The first-order valence-corrected chi connectivity index (χ1v) is 6.97. The Hall–Kier alpha value is -1.67. The fourth-order valence-electron chi connectivity index (χ4n) is 2.73. The highest BCUT2D eigenvalue weighted by Crippen LogP contribution is 2.35. The molecule has 118 valence electrons. The fourth-order valence-corrected chi connectivity index (χ4v) is 2.73. The second-order valence-corrected chi connectivity index (χ2v) is 5.14. The van der Waals surface area contributed by atoms with Crippen LogP contribution in [0.4, 0.5) is 0 Å². The van der Waals surface area contributed by atoms with Crippen LogP contribution in [0, 0.1) is 0 Å². The minimum Gasteiger partial charge on any atom is -0.390 e. The Labute approximate surface area is 127 Å². The normalized spacial score (nSPS) is 37.9. The zero-order valence-corrected chi connectivity index (χ0v) is 12.0. The van der Waals surface area contributed by atoms with E-state index in [-0.39, 0.29) is 6.61 Å². The molecule has 3 rings (SSSR count). The van der Waals surface area contributed by atoms with Crippen LogP contribution in [0.25, 0.3) is 10.4 Å². The Morgan fingerprint density at radius 2 is 2.09 bits per heavy atom. The highest BCUT2D eigenvalue weighted by molar-refractivity contribution is 5.16. The quantitative estimate of drug-likeness (QED) is 0.517. The third-order valence-corrected chi connectivity index (χ3v) is 3.82. The van der Waals surface area contributed by atoms with Crippen molar-refractivity contribution in [2.24, 2.45) is 5.11 Å². The molecule has 0 aromatic heterocycles. The lowest BCUT2D eigenvalue weighted by molar-refractivity contribution is -0.338. The molecule has 8 nitrogen and oxygen atoms in total. The van der Waals surface area contributed by atoms with Gasteiger partial charge in [-0.25, -0.2) is 0 Å². The fraction of sp³-hybridized carbons (Fsp3) is 0.571. The number of azide groups is 1. The maximum Gasteiger partial charge on any atom is 0.184 e. The van der Waals surface area contributed by atoms with Gasteiger partial charge in [-0.05, 0) is 5.53 Å². The van der Waals surface area contributed by atoms with E-state index in [0.29, 0.717) is 0 Å². The van der Waals surface area contributed by atoms with E-state index in [4.69, 9.17) is 24.5 Å². The van der Waals surface area contributed by atoms with E-state index in [1.165, 1.54) is 7.11 Å². The van der Waals surface area contributed by atoms with Crippen LogP contribution < -0.4 is 0 Å². The van der Waals surface area contributed by atoms with Gasteiger partial charge in [-0.2, -0.15) is 0 Å². The van der Waals surface area contributed by atoms with Gasteiger partial charge in [-0.15, -0.1) is 0 Å². The van der Waals surface area contributed by atoms with Gasteiger partial charge >= 0.3 is 0 Å². The number of benzene rings is 1. The number of fused-ring (bicyclic) bond motifs is 1. The van der Waals surface area contributed by atoms with Crippen molar-refractivity contribution in [3.05, 3.63) is 46.3 Å². The van der Waals surface area contributed by atoms with Gasteiger partial charge in [0, 0.05) is 17.6 Å². The smallest absolute Gasteiger partial charge is 0.184 e. The summed E-state index contributed by atoms with van der Waals surface area (Å²) in [6, 6.07) is 8.55. The average Bonchev–Trinajstić information content (AvgIpc) is 2.58. The third-order valence-electron chi connectivity index (χ3n) is 3.82. The minimum atomic E-state index is -1.03. The highest BCUT2D eigenvalue weighted by atomic mass is 16.7. The van der Waals surface area contributed by atoms with E-state index < -0.39 is 36.9 Å².